The molecule has 1 nitrogen and oxygen atoms in total. The van der Waals surface area contributed by atoms with Crippen molar-refractivity contribution in [3.05, 3.63) is 0 Å². The molecule has 2 aliphatic rings. The Bertz CT molecular complexity index is 145. The minimum absolute atomic E-state index is 0.399. The highest BCUT2D eigenvalue weighted by atomic mass is 19.1. The van der Waals surface area contributed by atoms with Gasteiger partial charge in [0, 0.05) is 0 Å². The van der Waals surface area contributed by atoms with E-state index in [4.69, 9.17) is 5.73 Å². The zero-order valence-electron chi connectivity index (χ0n) is 6.20. The second-order valence-electron chi connectivity index (χ2n) is 3.83. The van der Waals surface area contributed by atoms with Gasteiger partial charge in [-0.2, -0.15) is 0 Å². The van der Waals surface area contributed by atoms with Crippen LogP contribution in [-0.2, 0) is 0 Å². The van der Waals surface area contributed by atoms with Crippen LogP contribution in [0.25, 0.3) is 0 Å². The average Bonchev–Trinajstić information content (AvgIpc) is 2.46. The Morgan fingerprint density at radius 1 is 1.00 bits per heavy atom. The van der Waals surface area contributed by atoms with E-state index in [1.165, 1.54) is 0 Å². The average molecular weight is 143 g/mol. The lowest BCUT2D eigenvalue weighted by atomic mass is 9.93. The van der Waals surface area contributed by atoms with E-state index in [0.717, 1.165) is 25.7 Å². The molecule has 2 aliphatic carbocycles. The number of halogens is 1. The third-order valence-corrected chi connectivity index (χ3v) is 3.08. The first-order valence-electron chi connectivity index (χ1n) is 4.14. The van der Waals surface area contributed by atoms with Crippen molar-refractivity contribution < 1.29 is 4.39 Å². The first-order valence-corrected chi connectivity index (χ1v) is 4.14. The second kappa shape index (κ2) is 1.73. The van der Waals surface area contributed by atoms with Gasteiger partial charge in [-0.05, 0) is 25.7 Å². The van der Waals surface area contributed by atoms with Crippen LogP contribution in [0, 0.1) is 0 Å². The lowest BCUT2D eigenvalue weighted by Crippen LogP contribution is -2.44. The number of alkyl halides is 1. The molecule has 2 fully saturated rings. The highest BCUT2D eigenvalue weighted by Gasteiger charge is 2.58. The molecule has 2 saturated carbocycles. The van der Waals surface area contributed by atoms with Crippen molar-refractivity contribution in [1.82, 2.24) is 0 Å². The quantitative estimate of drug-likeness (QED) is 0.594. The maximum absolute atomic E-state index is 13.8. The lowest BCUT2D eigenvalue weighted by Gasteiger charge is -2.26. The van der Waals surface area contributed by atoms with E-state index in [9.17, 15) is 4.39 Å². The largest absolute Gasteiger partial charge is 0.322 e. The zero-order valence-corrected chi connectivity index (χ0v) is 6.20. The molecule has 2 N–H and O–H groups in total. The molecule has 58 valence electrons. The summed E-state index contributed by atoms with van der Waals surface area (Å²) < 4.78 is 13.8. The highest BCUT2D eigenvalue weighted by Crippen LogP contribution is 2.52. The molecule has 0 radical (unpaired) electrons. The molecule has 0 spiro atoms. The van der Waals surface area contributed by atoms with E-state index in [1.807, 2.05) is 0 Å². The Morgan fingerprint density at radius 2 is 1.50 bits per heavy atom. The van der Waals surface area contributed by atoms with Crippen molar-refractivity contribution in [3.8, 4) is 0 Å². The van der Waals surface area contributed by atoms with E-state index < -0.39 is 11.2 Å². The minimum atomic E-state index is -0.979. The smallest absolute Gasteiger partial charge is 0.128 e. The monoisotopic (exact) mass is 143 g/mol. The third kappa shape index (κ3) is 0.715. The fraction of sp³-hybridized carbons (Fsp3) is 1.00. The summed E-state index contributed by atoms with van der Waals surface area (Å²) in [5.74, 6) is 0. The normalized spacial score (nSPS) is 34.2. The van der Waals surface area contributed by atoms with Crippen LogP contribution in [0.4, 0.5) is 4.39 Å². The Hall–Kier alpha value is -0.110. The SMILES string of the molecule is NC1(C2(F)CCCC2)CC1. The first-order chi connectivity index (χ1) is 4.66. The number of nitrogens with two attached hydrogens (primary N) is 1. The molecule has 0 aromatic carbocycles. The molecule has 0 unspecified atom stereocenters. The van der Waals surface area contributed by atoms with Gasteiger partial charge in [-0.15, -0.1) is 0 Å². The molecule has 2 rings (SSSR count). The van der Waals surface area contributed by atoms with E-state index >= 15 is 0 Å². The topological polar surface area (TPSA) is 26.0 Å². The highest BCUT2D eigenvalue weighted by molar-refractivity contribution is 5.15. The van der Waals surface area contributed by atoms with Gasteiger partial charge in [-0.25, -0.2) is 4.39 Å². The second-order valence-corrected chi connectivity index (χ2v) is 3.83. The number of hydrogen-bond donors (Lipinski definition) is 1. The molecule has 0 aromatic heterocycles. The number of hydrogen-bond acceptors (Lipinski definition) is 1. The minimum Gasteiger partial charge on any atom is -0.322 e. The van der Waals surface area contributed by atoms with Crippen molar-refractivity contribution in [1.29, 1.82) is 0 Å². The molecular weight excluding hydrogens is 129 g/mol. The van der Waals surface area contributed by atoms with Gasteiger partial charge in [0.05, 0.1) is 5.54 Å². The summed E-state index contributed by atoms with van der Waals surface area (Å²) in [6, 6.07) is 0. The van der Waals surface area contributed by atoms with Crippen LogP contribution in [0.15, 0.2) is 0 Å². The van der Waals surface area contributed by atoms with Crippen molar-refractivity contribution in [2.75, 3.05) is 0 Å². The summed E-state index contributed by atoms with van der Waals surface area (Å²) in [4.78, 5) is 0. The Labute approximate surface area is 60.8 Å². The molecule has 0 atom stereocenters. The number of rotatable bonds is 1. The van der Waals surface area contributed by atoms with Gasteiger partial charge in [0.2, 0.25) is 0 Å². The summed E-state index contributed by atoms with van der Waals surface area (Å²) in [6.45, 7) is 0. The molecule has 0 aliphatic heterocycles. The first kappa shape index (κ1) is 6.59. The van der Waals surface area contributed by atoms with Gasteiger partial charge >= 0.3 is 0 Å². The van der Waals surface area contributed by atoms with Crippen LogP contribution >= 0.6 is 0 Å². The molecule has 0 aromatic rings. The third-order valence-electron chi connectivity index (χ3n) is 3.08. The fourth-order valence-corrected chi connectivity index (χ4v) is 2.02. The van der Waals surface area contributed by atoms with Gasteiger partial charge in [0.1, 0.15) is 5.67 Å². The van der Waals surface area contributed by atoms with Crippen LogP contribution in [0.2, 0.25) is 0 Å². The summed E-state index contributed by atoms with van der Waals surface area (Å²) in [6.07, 6.45) is 5.31. The van der Waals surface area contributed by atoms with E-state index in [-0.39, 0.29) is 0 Å². The Kier molecular flexibility index (Phi) is 1.14. The van der Waals surface area contributed by atoms with Crippen molar-refractivity contribution in [3.63, 3.8) is 0 Å². The molecule has 10 heavy (non-hydrogen) atoms. The summed E-state index contributed by atoms with van der Waals surface area (Å²) in [5.41, 5.74) is 4.43. The van der Waals surface area contributed by atoms with Crippen LogP contribution in [0.5, 0.6) is 0 Å². The van der Waals surface area contributed by atoms with E-state index in [2.05, 4.69) is 0 Å². The van der Waals surface area contributed by atoms with Crippen molar-refractivity contribution >= 4 is 0 Å². The van der Waals surface area contributed by atoms with Crippen LogP contribution in [0.1, 0.15) is 38.5 Å². The van der Waals surface area contributed by atoms with E-state index in [0.29, 0.717) is 12.8 Å². The molecule has 0 heterocycles. The van der Waals surface area contributed by atoms with Gasteiger partial charge in [-0.1, -0.05) is 12.8 Å². The predicted octanol–water partition coefficient (Wildman–Crippen LogP) is 1.76. The van der Waals surface area contributed by atoms with Crippen LogP contribution < -0.4 is 5.73 Å². The van der Waals surface area contributed by atoms with Crippen molar-refractivity contribution in [2.24, 2.45) is 5.73 Å². The van der Waals surface area contributed by atoms with E-state index in [1.54, 1.807) is 0 Å². The van der Waals surface area contributed by atoms with Gasteiger partial charge in [-0.3, -0.25) is 0 Å². The van der Waals surface area contributed by atoms with Crippen LogP contribution in [0.3, 0.4) is 0 Å². The standard InChI is InChI=1S/C8H14FN/c9-7(3-1-2-4-7)8(10)5-6-8/h1-6,10H2. The summed E-state index contributed by atoms with van der Waals surface area (Å²) in [5, 5.41) is 0. The molecule has 0 saturated heterocycles. The van der Waals surface area contributed by atoms with Gasteiger partial charge in [0.25, 0.3) is 0 Å². The van der Waals surface area contributed by atoms with Gasteiger partial charge in [0.15, 0.2) is 0 Å². The molecule has 0 bridgehead atoms. The Morgan fingerprint density at radius 3 is 1.90 bits per heavy atom. The molecule has 2 heteroatoms. The summed E-state index contributed by atoms with van der Waals surface area (Å²) >= 11 is 0. The maximum Gasteiger partial charge on any atom is 0.128 e. The molecule has 0 amide bonds. The predicted molar refractivity (Wildman–Crippen MR) is 38.5 cm³/mol. The molecular formula is C8H14FN. The zero-order chi connectivity index (χ0) is 7.24. The summed E-state index contributed by atoms with van der Waals surface area (Å²) in [7, 11) is 0. The fourth-order valence-electron chi connectivity index (χ4n) is 2.02. The lowest BCUT2D eigenvalue weighted by molar-refractivity contribution is 0.120. The van der Waals surface area contributed by atoms with Gasteiger partial charge < -0.3 is 5.73 Å². The van der Waals surface area contributed by atoms with Crippen molar-refractivity contribution in [2.45, 2.75) is 49.7 Å². The maximum atomic E-state index is 13.8. The Balaban J connectivity index is 2.13. The van der Waals surface area contributed by atoms with Crippen LogP contribution in [-0.4, -0.2) is 11.2 Å².